The van der Waals surface area contributed by atoms with Crippen LogP contribution in [0.3, 0.4) is 0 Å². The Hall–Kier alpha value is -1.72. The van der Waals surface area contributed by atoms with Crippen molar-refractivity contribution in [1.82, 2.24) is 10.9 Å². The van der Waals surface area contributed by atoms with E-state index in [0.717, 1.165) is 16.0 Å². The van der Waals surface area contributed by atoms with Gasteiger partial charge in [0, 0.05) is 23.1 Å². The highest BCUT2D eigenvalue weighted by molar-refractivity contribution is 7.85. The van der Waals surface area contributed by atoms with Crippen molar-refractivity contribution in [3.63, 3.8) is 0 Å². The van der Waals surface area contributed by atoms with Crippen LogP contribution in [0.4, 0.5) is 0 Å². The zero-order valence-electron chi connectivity index (χ0n) is 13.0. The van der Waals surface area contributed by atoms with Crippen molar-refractivity contribution in [3.8, 4) is 0 Å². The third-order valence-electron chi connectivity index (χ3n) is 3.75. The van der Waals surface area contributed by atoms with Crippen LogP contribution >= 0.6 is 0 Å². The number of hydrogen-bond acceptors (Lipinski definition) is 3. The van der Waals surface area contributed by atoms with E-state index in [4.69, 9.17) is 0 Å². The lowest BCUT2D eigenvalue weighted by molar-refractivity contribution is -0.125. The van der Waals surface area contributed by atoms with Gasteiger partial charge >= 0.3 is 0 Å². The zero-order valence-corrected chi connectivity index (χ0v) is 13.8. The van der Waals surface area contributed by atoms with Gasteiger partial charge in [-0.2, -0.15) is 0 Å². The van der Waals surface area contributed by atoms with Gasteiger partial charge in [-0.05, 0) is 36.1 Å². The second-order valence-electron chi connectivity index (χ2n) is 5.58. The number of nitrogens with one attached hydrogen (secondary N) is 2. The van der Waals surface area contributed by atoms with E-state index < -0.39 is 10.8 Å². The summed E-state index contributed by atoms with van der Waals surface area (Å²) in [5.41, 5.74) is 7.84. The van der Waals surface area contributed by atoms with Crippen molar-refractivity contribution in [2.75, 3.05) is 5.75 Å². The molecule has 3 unspecified atom stereocenters. The Morgan fingerprint density at radius 1 is 1.50 bits per heavy atom. The lowest BCUT2D eigenvalue weighted by Gasteiger charge is -2.28. The summed E-state index contributed by atoms with van der Waals surface area (Å²) >= 11 is 0. The normalized spacial score (nSPS) is 23.7. The first kappa shape index (κ1) is 16.6. The van der Waals surface area contributed by atoms with Crippen molar-refractivity contribution in [1.29, 1.82) is 0 Å². The maximum Gasteiger partial charge on any atom is 0.234 e. The highest BCUT2D eigenvalue weighted by Gasteiger charge is 2.23. The van der Waals surface area contributed by atoms with Crippen molar-refractivity contribution < 1.29 is 9.00 Å². The minimum Gasteiger partial charge on any atom is -0.291 e. The molecule has 5 heteroatoms. The lowest BCUT2D eigenvalue weighted by Crippen LogP contribution is -2.52. The summed E-state index contributed by atoms with van der Waals surface area (Å²) in [5, 5.41) is 0. The fraction of sp³-hybridized carbons (Fsp3) is 0.353. The molecule has 1 saturated heterocycles. The molecule has 3 atom stereocenters. The number of carbonyl (C=O) groups excluding carboxylic acids is 1. The molecule has 0 aliphatic carbocycles. The Kier molecular flexibility index (Phi) is 5.69. The van der Waals surface area contributed by atoms with Crippen LogP contribution in [0.5, 0.6) is 0 Å². The van der Waals surface area contributed by atoms with Crippen LogP contribution in [0.1, 0.15) is 25.8 Å². The minimum atomic E-state index is -1.05. The molecule has 22 heavy (non-hydrogen) atoms. The van der Waals surface area contributed by atoms with E-state index in [2.05, 4.69) is 30.4 Å². The topological polar surface area (TPSA) is 58.2 Å². The first-order valence-electron chi connectivity index (χ1n) is 7.33. The lowest BCUT2D eigenvalue weighted by atomic mass is 9.93. The summed E-state index contributed by atoms with van der Waals surface area (Å²) in [5.74, 6) is 0.720. The van der Waals surface area contributed by atoms with Crippen molar-refractivity contribution in [2.24, 2.45) is 5.92 Å². The van der Waals surface area contributed by atoms with Crippen LogP contribution in [-0.4, -0.2) is 21.9 Å². The van der Waals surface area contributed by atoms with Crippen LogP contribution in [0, 0.1) is 5.92 Å². The van der Waals surface area contributed by atoms with Gasteiger partial charge in [-0.1, -0.05) is 31.2 Å². The SMILES string of the molecule is C=CCS(=O)c1cccc(/C(C)=C/C2NNC(=O)CC2C)c1. The van der Waals surface area contributed by atoms with Gasteiger partial charge in [-0.15, -0.1) is 6.58 Å². The predicted molar refractivity (Wildman–Crippen MR) is 90.4 cm³/mol. The van der Waals surface area contributed by atoms with Gasteiger partial charge < -0.3 is 0 Å². The second-order valence-corrected chi connectivity index (χ2v) is 7.07. The number of benzene rings is 1. The van der Waals surface area contributed by atoms with E-state index in [-0.39, 0.29) is 17.9 Å². The molecule has 1 amide bonds. The maximum atomic E-state index is 12.1. The fourth-order valence-electron chi connectivity index (χ4n) is 2.43. The molecule has 1 aliphatic rings. The molecule has 0 saturated carbocycles. The molecule has 1 aliphatic heterocycles. The van der Waals surface area contributed by atoms with Crippen molar-refractivity contribution in [3.05, 3.63) is 48.6 Å². The van der Waals surface area contributed by atoms with Crippen molar-refractivity contribution in [2.45, 2.75) is 31.2 Å². The number of hydrazine groups is 1. The molecule has 1 fully saturated rings. The summed E-state index contributed by atoms with van der Waals surface area (Å²) < 4.78 is 12.1. The minimum absolute atomic E-state index is 0.0247. The summed E-state index contributed by atoms with van der Waals surface area (Å²) in [6, 6.07) is 7.85. The Morgan fingerprint density at radius 2 is 2.27 bits per heavy atom. The van der Waals surface area contributed by atoms with Crippen LogP contribution < -0.4 is 10.9 Å². The van der Waals surface area contributed by atoms with Gasteiger partial charge in [0.2, 0.25) is 5.91 Å². The van der Waals surface area contributed by atoms with Crippen LogP contribution in [0.2, 0.25) is 0 Å². The van der Waals surface area contributed by atoms with Gasteiger partial charge in [0.25, 0.3) is 0 Å². The predicted octanol–water partition coefficient (Wildman–Crippen LogP) is 2.41. The first-order chi connectivity index (χ1) is 10.5. The molecule has 0 spiro atoms. The van der Waals surface area contributed by atoms with Crippen LogP contribution in [0.25, 0.3) is 5.57 Å². The molecule has 0 radical (unpaired) electrons. The smallest absolute Gasteiger partial charge is 0.234 e. The quantitative estimate of drug-likeness (QED) is 0.820. The molecule has 2 N–H and O–H groups in total. The van der Waals surface area contributed by atoms with Gasteiger partial charge in [0.05, 0.1) is 10.8 Å². The summed E-state index contributed by atoms with van der Waals surface area (Å²) in [7, 11) is -1.05. The molecule has 0 bridgehead atoms. The maximum absolute atomic E-state index is 12.1. The second kappa shape index (κ2) is 7.51. The third kappa shape index (κ3) is 4.15. The third-order valence-corrected chi connectivity index (χ3v) is 5.07. The Balaban J connectivity index is 2.18. The van der Waals surface area contributed by atoms with E-state index in [1.807, 2.05) is 31.2 Å². The van der Waals surface area contributed by atoms with Gasteiger partial charge in [0.1, 0.15) is 0 Å². The highest BCUT2D eigenvalue weighted by atomic mass is 32.2. The summed E-state index contributed by atoms with van der Waals surface area (Å²) in [6.45, 7) is 7.71. The monoisotopic (exact) mass is 318 g/mol. The Labute approximate surface area is 134 Å². The fourth-order valence-corrected chi connectivity index (χ4v) is 3.33. The van der Waals surface area contributed by atoms with Crippen LogP contribution in [-0.2, 0) is 15.6 Å². The zero-order chi connectivity index (χ0) is 16.1. The van der Waals surface area contributed by atoms with Gasteiger partial charge in [-0.3, -0.25) is 14.4 Å². The molecule has 1 aromatic rings. The molecule has 0 aromatic heterocycles. The van der Waals surface area contributed by atoms with E-state index >= 15 is 0 Å². The average molecular weight is 318 g/mol. The largest absolute Gasteiger partial charge is 0.291 e. The van der Waals surface area contributed by atoms with Crippen molar-refractivity contribution >= 4 is 22.3 Å². The average Bonchev–Trinajstić information content (AvgIpc) is 2.50. The molecular formula is C17H22N2O2S. The number of rotatable bonds is 5. The number of allylic oxidation sites excluding steroid dienone is 1. The number of amides is 1. The molecule has 1 heterocycles. The van der Waals surface area contributed by atoms with Gasteiger partial charge in [-0.25, -0.2) is 5.43 Å². The van der Waals surface area contributed by atoms with E-state index in [1.165, 1.54) is 0 Å². The number of hydrogen-bond donors (Lipinski definition) is 2. The molecule has 2 rings (SSSR count). The standard InChI is InChI=1S/C17H22N2O2S/c1-4-8-22(21)15-7-5-6-14(11-15)12(2)9-16-13(3)10-17(20)19-18-16/h4-7,9,11,13,16,18H,1,8,10H2,2-3H3,(H,19,20)/b12-9+. The van der Waals surface area contributed by atoms with Gasteiger partial charge in [0.15, 0.2) is 0 Å². The first-order valence-corrected chi connectivity index (χ1v) is 8.65. The Bertz CT molecular complexity index is 625. The molecular weight excluding hydrogens is 296 g/mol. The summed E-state index contributed by atoms with van der Waals surface area (Å²) in [6.07, 6.45) is 4.30. The summed E-state index contributed by atoms with van der Waals surface area (Å²) in [4.78, 5) is 12.1. The van der Waals surface area contributed by atoms with Crippen LogP contribution in [0.15, 0.2) is 47.9 Å². The number of carbonyl (C=O) groups is 1. The Morgan fingerprint density at radius 3 is 2.95 bits per heavy atom. The van der Waals surface area contributed by atoms with E-state index in [1.54, 1.807) is 6.08 Å². The molecule has 4 nitrogen and oxygen atoms in total. The van der Waals surface area contributed by atoms with E-state index in [0.29, 0.717) is 12.2 Å². The highest BCUT2D eigenvalue weighted by Crippen LogP contribution is 2.21. The molecule has 1 aromatic carbocycles. The molecule has 118 valence electrons. The van der Waals surface area contributed by atoms with E-state index in [9.17, 15) is 9.00 Å².